The molecule has 0 aromatic carbocycles. The van der Waals surface area contributed by atoms with Gasteiger partial charge in [0.05, 0.1) is 54.9 Å². The summed E-state index contributed by atoms with van der Waals surface area (Å²) >= 11 is 0. The quantitative estimate of drug-likeness (QED) is 0.411. The van der Waals surface area contributed by atoms with Crippen molar-refractivity contribution < 1.29 is 0 Å². The second-order valence-electron chi connectivity index (χ2n) is 6.07. The van der Waals surface area contributed by atoms with Gasteiger partial charge in [0.25, 0.3) is 0 Å². The third-order valence-corrected chi connectivity index (χ3v) is 4.12. The molecule has 0 saturated carbocycles. The first-order valence-corrected chi connectivity index (χ1v) is 7.54. The highest BCUT2D eigenvalue weighted by Gasteiger charge is 2.47. The molecule has 0 aliphatic rings. The Kier molecular flexibility index (Phi) is 8.37. The van der Waals surface area contributed by atoms with Crippen molar-refractivity contribution in [2.75, 3.05) is 0 Å². The van der Waals surface area contributed by atoms with Crippen molar-refractivity contribution in [1.29, 1.82) is 0 Å². The van der Waals surface area contributed by atoms with Crippen LogP contribution in [-0.2, 0) is 0 Å². The van der Waals surface area contributed by atoms with Crippen LogP contribution >= 0.6 is 0 Å². The lowest BCUT2D eigenvalue weighted by molar-refractivity contribution is 0.299. The Morgan fingerprint density at radius 2 is 1.15 bits per heavy atom. The summed E-state index contributed by atoms with van der Waals surface area (Å²) in [5.41, 5.74) is 0. The second-order valence-corrected chi connectivity index (χ2v) is 6.07. The molecule has 0 N–H and O–H groups in total. The van der Waals surface area contributed by atoms with Gasteiger partial charge in [-0.25, -0.2) is 0 Å². The Balaban J connectivity index is 5.14. The molecule has 94 valence electrons. The molecule has 0 amide bonds. The summed E-state index contributed by atoms with van der Waals surface area (Å²) < 4.78 is 0. The van der Waals surface area contributed by atoms with Crippen LogP contribution < -0.4 is 0 Å². The van der Waals surface area contributed by atoms with Crippen molar-refractivity contribution in [3.63, 3.8) is 0 Å². The van der Waals surface area contributed by atoms with E-state index in [4.69, 9.17) is 54.9 Å². The molecule has 1 unspecified atom stereocenters. The SMILES string of the molecule is [B]C([B])([B])C([B])(C(CCC)CCCCCC)C([B])([B])[B]. The van der Waals surface area contributed by atoms with Crippen molar-refractivity contribution >= 4 is 54.9 Å². The Labute approximate surface area is 135 Å². The molecule has 0 aliphatic carbocycles. The van der Waals surface area contributed by atoms with Crippen LogP contribution in [0.25, 0.3) is 0 Å². The van der Waals surface area contributed by atoms with E-state index < -0.39 is 15.5 Å². The Bertz CT molecular complexity index is 253. The van der Waals surface area contributed by atoms with Gasteiger partial charge in [-0.15, -0.1) is 10.2 Å². The van der Waals surface area contributed by atoms with E-state index in [0.717, 1.165) is 38.5 Å². The minimum Gasteiger partial charge on any atom is -0.133 e. The van der Waals surface area contributed by atoms with Crippen molar-refractivity contribution in [3.8, 4) is 0 Å². The molecule has 0 nitrogen and oxygen atoms in total. The summed E-state index contributed by atoms with van der Waals surface area (Å²) in [6.07, 6.45) is 6.96. The maximum atomic E-state index is 6.35. The first kappa shape index (κ1) is 20.5. The smallest absolute Gasteiger partial charge is 0.0706 e. The molecule has 1 atom stereocenters. The van der Waals surface area contributed by atoms with Crippen LogP contribution in [0.4, 0.5) is 0 Å². The molecule has 7 heteroatoms. The van der Waals surface area contributed by atoms with Crippen LogP contribution in [0.3, 0.4) is 0 Å². The topological polar surface area (TPSA) is 0 Å². The van der Waals surface area contributed by atoms with Crippen molar-refractivity contribution in [2.24, 2.45) is 5.92 Å². The van der Waals surface area contributed by atoms with Gasteiger partial charge in [-0.2, -0.15) is 0 Å². The van der Waals surface area contributed by atoms with Crippen molar-refractivity contribution in [2.45, 2.75) is 74.3 Å². The monoisotopic (exact) mass is 254 g/mol. The van der Waals surface area contributed by atoms with Crippen LogP contribution in [0.1, 0.15) is 58.8 Å². The first-order chi connectivity index (χ1) is 9.02. The van der Waals surface area contributed by atoms with Gasteiger partial charge in [0.1, 0.15) is 0 Å². The van der Waals surface area contributed by atoms with E-state index in [-0.39, 0.29) is 5.92 Å². The summed E-state index contributed by atoms with van der Waals surface area (Å²) in [5, 5.41) is -4.92. The Hall–Kier alpha value is 0.455. The van der Waals surface area contributed by atoms with Gasteiger partial charge in [0, 0.05) is 0 Å². The lowest BCUT2D eigenvalue weighted by Gasteiger charge is -2.60. The molecule has 0 aromatic rings. The molecule has 0 fully saturated rings. The number of hydrogen-bond acceptors (Lipinski definition) is 0. The maximum absolute atomic E-state index is 6.35. The van der Waals surface area contributed by atoms with E-state index >= 15 is 0 Å². The zero-order chi connectivity index (χ0) is 16.0. The fraction of sp³-hybridized carbons (Fsp3) is 1.00. The third-order valence-electron chi connectivity index (χ3n) is 4.12. The minimum atomic E-state index is -1.74. The van der Waals surface area contributed by atoms with Crippen LogP contribution in [0.5, 0.6) is 0 Å². The predicted octanol–water partition coefficient (Wildman–Crippen LogP) is 1.86. The normalized spacial score (nSPS) is 15.1. The molecule has 0 saturated heterocycles. The van der Waals surface area contributed by atoms with E-state index in [1.807, 2.05) is 0 Å². The molecule has 0 heterocycles. The third kappa shape index (κ3) is 5.02. The average Bonchev–Trinajstić information content (AvgIpc) is 2.29. The number of hydrogen-bond donors (Lipinski definition) is 0. The van der Waals surface area contributed by atoms with Gasteiger partial charge in [0.15, 0.2) is 0 Å². The molecule has 0 bridgehead atoms. The van der Waals surface area contributed by atoms with E-state index in [0.29, 0.717) is 0 Å². The highest BCUT2D eigenvalue weighted by atomic mass is 14.4. The minimum absolute atomic E-state index is 0.121. The van der Waals surface area contributed by atoms with Crippen molar-refractivity contribution in [3.05, 3.63) is 0 Å². The molecular formula is C13H21B7. The van der Waals surface area contributed by atoms with E-state index in [2.05, 4.69) is 13.8 Å². The standard InChI is InChI=1S/C13H21B7/c1-3-5-6-7-9-10(8-4-2)11(14,12(15,16)17)13(18,19)20/h10H,3-9H2,1-2H3. The summed E-state index contributed by atoms with van der Waals surface area (Å²) in [4.78, 5) is 0. The molecular weight excluding hydrogens is 232 g/mol. The zero-order valence-corrected chi connectivity index (χ0v) is 13.1. The summed E-state index contributed by atoms with van der Waals surface area (Å²) in [7, 11) is 41.5. The highest BCUT2D eigenvalue weighted by molar-refractivity contribution is 6.69. The molecule has 0 spiro atoms. The molecule has 0 aliphatic heterocycles. The van der Waals surface area contributed by atoms with E-state index in [1.54, 1.807) is 0 Å². The zero-order valence-electron chi connectivity index (χ0n) is 13.1. The lowest BCUT2D eigenvalue weighted by atomic mass is 9.13. The second kappa shape index (κ2) is 8.18. The van der Waals surface area contributed by atoms with Crippen LogP contribution in [-0.4, -0.2) is 54.9 Å². The van der Waals surface area contributed by atoms with Gasteiger partial charge in [-0.1, -0.05) is 64.1 Å². The Morgan fingerprint density at radius 1 is 0.650 bits per heavy atom. The molecule has 0 rings (SSSR count). The van der Waals surface area contributed by atoms with Gasteiger partial charge in [-0.05, 0) is 5.92 Å². The first-order valence-electron chi connectivity index (χ1n) is 7.54. The van der Waals surface area contributed by atoms with Gasteiger partial charge in [-0.3, -0.25) is 0 Å². The summed E-state index contributed by atoms with van der Waals surface area (Å²) in [6, 6.07) is 0. The van der Waals surface area contributed by atoms with Crippen LogP contribution in [0, 0.1) is 5.92 Å². The van der Waals surface area contributed by atoms with Crippen LogP contribution in [0.15, 0.2) is 0 Å². The highest BCUT2D eigenvalue weighted by Crippen LogP contribution is 2.62. The fourth-order valence-corrected chi connectivity index (χ4v) is 2.85. The van der Waals surface area contributed by atoms with Gasteiger partial charge in [0.2, 0.25) is 0 Å². The molecule has 20 heavy (non-hydrogen) atoms. The predicted molar refractivity (Wildman–Crippen MR) is 95.5 cm³/mol. The van der Waals surface area contributed by atoms with Gasteiger partial charge < -0.3 is 0 Å². The summed E-state index contributed by atoms with van der Waals surface area (Å²) in [6.45, 7) is 4.21. The van der Waals surface area contributed by atoms with E-state index in [9.17, 15) is 0 Å². The van der Waals surface area contributed by atoms with Crippen molar-refractivity contribution in [1.82, 2.24) is 0 Å². The molecule has 0 aromatic heterocycles. The van der Waals surface area contributed by atoms with Gasteiger partial charge >= 0.3 is 0 Å². The summed E-state index contributed by atoms with van der Waals surface area (Å²) in [5.74, 6) is -0.121. The average molecular weight is 253 g/mol. The fourth-order valence-electron chi connectivity index (χ4n) is 2.85. The van der Waals surface area contributed by atoms with E-state index in [1.165, 1.54) is 6.42 Å². The Morgan fingerprint density at radius 3 is 1.50 bits per heavy atom. The largest absolute Gasteiger partial charge is 0.133 e. The number of rotatable bonds is 10. The lowest BCUT2D eigenvalue weighted by Crippen LogP contribution is -2.48. The van der Waals surface area contributed by atoms with Crippen LogP contribution in [0.2, 0.25) is 15.5 Å². The number of unbranched alkanes of at least 4 members (excludes halogenated alkanes) is 3. The maximum Gasteiger partial charge on any atom is 0.0706 e. The molecule has 14 radical (unpaired) electrons.